The van der Waals surface area contributed by atoms with Crippen LogP contribution in [-0.4, -0.2) is 18.5 Å². The molecule has 4 nitrogen and oxygen atoms in total. The zero-order chi connectivity index (χ0) is 23.2. The summed E-state index contributed by atoms with van der Waals surface area (Å²) in [6.07, 6.45) is 9.43. The van der Waals surface area contributed by atoms with Gasteiger partial charge in [-0.2, -0.15) is 0 Å². The Balaban J connectivity index is 1.78. The number of esters is 1. The Bertz CT molecular complexity index is 766. The monoisotopic (exact) mass is 437 g/mol. The lowest BCUT2D eigenvalue weighted by atomic mass is 10.1. The first-order valence-corrected chi connectivity index (χ1v) is 12.1. The number of benzene rings is 2. The van der Waals surface area contributed by atoms with Crippen molar-refractivity contribution in [2.75, 3.05) is 11.5 Å². The molecule has 0 atom stereocenters. The average Bonchev–Trinajstić information content (AvgIpc) is 2.78. The van der Waals surface area contributed by atoms with Crippen LogP contribution in [0, 0.1) is 13.8 Å². The molecule has 2 aromatic rings. The summed E-state index contributed by atoms with van der Waals surface area (Å²) in [7, 11) is 0. The molecule has 0 fully saturated rings. The summed E-state index contributed by atoms with van der Waals surface area (Å²) in [5.41, 5.74) is 3.97. The molecule has 0 aliphatic rings. The van der Waals surface area contributed by atoms with E-state index < -0.39 is 0 Å². The predicted molar refractivity (Wildman–Crippen MR) is 132 cm³/mol. The summed E-state index contributed by atoms with van der Waals surface area (Å²) in [6, 6.07) is 15.9. The summed E-state index contributed by atoms with van der Waals surface area (Å²) in [6.45, 7) is 6.76. The molecular weight excluding hydrogens is 398 g/mol. The minimum atomic E-state index is -0.207. The predicted octanol–water partition coefficient (Wildman–Crippen LogP) is 7.43. The molecule has 0 saturated carbocycles. The van der Waals surface area contributed by atoms with E-state index in [-0.39, 0.29) is 18.3 Å². The zero-order valence-corrected chi connectivity index (χ0v) is 20.1. The van der Waals surface area contributed by atoms with Gasteiger partial charge in [-0.15, -0.1) is 0 Å². The van der Waals surface area contributed by atoms with E-state index >= 15 is 0 Å². The summed E-state index contributed by atoms with van der Waals surface area (Å²) < 4.78 is 5.34. The van der Waals surface area contributed by atoms with Crippen LogP contribution in [0.3, 0.4) is 0 Å². The first-order valence-electron chi connectivity index (χ1n) is 12.1. The van der Waals surface area contributed by atoms with Crippen LogP contribution in [0.5, 0.6) is 0 Å². The molecule has 0 N–H and O–H groups in total. The molecule has 0 saturated heterocycles. The number of rotatable bonds is 14. The summed E-state index contributed by atoms with van der Waals surface area (Å²) in [5.74, 6) is -0.224. The van der Waals surface area contributed by atoms with E-state index in [0.29, 0.717) is 19.4 Å². The zero-order valence-electron chi connectivity index (χ0n) is 20.1. The highest BCUT2D eigenvalue weighted by Gasteiger charge is 2.18. The topological polar surface area (TPSA) is 46.6 Å². The molecule has 4 heteroatoms. The van der Waals surface area contributed by atoms with Gasteiger partial charge in [0.25, 0.3) is 0 Å². The standard InChI is InChI=1S/C28H39NO3/c1-4-5-6-7-8-9-10-22-32-28(31)13-11-12-27(30)29(25-18-14-23(2)15-19-25)26-20-16-24(3)17-21-26/h14-21H,4-13,22H2,1-3H3. The number of nitrogens with zero attached hydrogens (tertiary/aromatic N) is 1. The lowest BCUT2D eigenvalue weighted by Gasteiger charge is -2.23. The number of hydrogen-bond donors (Lipinski definition) is 0. The molecule has 0 heterocycles. The fourth-order valence-electron chi connectivity index (χ4n) is 3.64. The molecule has 0 aliphatic carbocycles. The number of aryl methyl sites for hydroxylation is 2. The van der Waals surface area contributed by atoms with E-state index in [9.17, 15) is 9.59 Å². The second-order valence-corrected chi connectivity index (χ2v) is 8.60. The molecule has 174 valence electrons. The fourth-order valence-corrected chi connectivity index (χ4v) is 3.64. The maximum Gasteiger partial charge on any atom is 0.305 e. The lowest BCUT2D eigenvalue weighted by Crippen LogP contribution is -2.25. The Kier molecular flexibility index (Phi) is 11.6. The minimum absolute atomic E-state index is 0.0161. The molecular formula is C28H39NO3. The van der Waals surface area contributed by atoms with Crippen LogP contribution in [0.2, 0.25) is 0 Å². The lowest BCUT2D eigenvalue weighted by molar-refractivity contribution is -0.143. The number of carbonyl (C=O) groups excluding carboxylic acids is 2. The molecule has 0 aromatic heterocycles. The van der Waals surface area contributed by atoms with Gasteiger partial charge < -0.3 is 4.74 Å². The van der Waals surface area contributed by atoms with E-state index in [1.165, 1.54) is 32.1 Å². The highest BCUT2D eigenvalue weighted by Crippen LogP contribution is 2.27. The van der Waals surface area contributed by atoms with Gasteiger partial charge >= 0.3 is 5.97 Å². The Labute approximate surface area is 194 Å². The van der Waals surface area contributed by atoms with Gasteiger partial charge in [0.15, 0.2) is 0 Å². The molecule has 0 spiro atoms. The van der Waals surface area contributed by atoms with E-state index in [4.69, 9.17) is 4.74 Å². The van der Waals surface area contributed by atoms with Gasteiger partial charge in [-0.3, -0.25) is 14.5 Å². The first kappa shape index (κ1) is 25.6. The molecule has 0 bridgehead atoms. The van der Waals surface area contributed by atoms with Crippen molar-refractivity contribution in [3.63, 3.8) is 0 Å². The van der Waals surface area contributed by atoms with Gasteiger partial charge in [-0.05, 0) is 51.0 Å². The molecule has 32 heavy (non-hydrogen) atoms. The Morgan fingerprint density at radius 1 is 0.688 bits per heavy atom. The van der Waals surface area contributed by atoms with Crippen molar-refractivity contribution in [3.8, 4) is 0 Å². The third-order valence-electron chi connectivity index (χ3n) is 5.62. The van der Waals surface area contributed by atoms with Gasteiger partial charge in [0.2, 0.25) is 5.91 Å². The highest BCUT2D eigenvalue weighted by atomic mass is 16.5. The second kappa shape index (κ2) is 14.4. The maximum atomic E-state index is 13.1. The van der Waals surface area contributed by atoms with Crippen molar-refractivity contribution >= 4 is 23.3 Å². The number of amides is 1. The summed E-state index contributed by atoms with van der Waals surface area (Å²) in [4.78, 5) is 26.9. The Hall–Kier alpha value is -2.62. The number of anilines is 2. The van der Waals surface area contributed by atoms with Crippen LogP contribution in [0.15, 0.2) is 48.5 Å². The van der Waals surface area contributed by atoms with Gasteiger partial charge in [0, 0.05) is 24.2 Å². The van der Waals surface area contributed by atoms with Crippen molar-refractivity contribution < 1.29 is 14.3 Å². The van der Waals surface area contributed by atoms with Crippen LogP contribution in [0.25, 0.3) is 0 Å². The third kappa shape index (κ3) is 9.25. The van der Waals surface area contributed by atoms with E-state index in [1.54, 1.807) is 4.90 Å². The first-order chi connectivity index (χ1) is 15.5. The number of unbranched alkanes of at least 4 members (excludes halogenated alkanes) is 6. The van der Waals surface area contributed by atoms with Crippen LogP contribution in [0.1, 0.15) is 82.3 Å². The van der Waals surface area contributed by atoms with E-state index in [2.05, 4.69) is 6.92 Å². The van der Waals surface area contributed by atoms with E-state index in [0.717, 1.165) is 35.3 Å². The molecule has 0 unspecified atom stereocenters. The van der Waals surface area contributed by atoms with Gasteiger partial charge in [-0.1, -0.05) is 80.8 Å². The normalized spacial score (nSPS) is 10.7. The van der Waals surface area contributed by atoms with Crippen molar-refractivity contribution in [1.82, 2.24) is 0 Å². The number of hydrogen-bond acceptors (Lipinski definition) is 3. The van der Waals surface area contributed by atoms with Crippen molar-refractivity contribution in [1.29, 1.82) is 0 Å². The van der Waals surface area contributed by atoms with Crippen LogP contribution in [-0.2, 0) is 14.3 Å². The third-order valence-corrected chi connectivity index (χ3v) is 5.62. The molecule has 2 rings (SSSR count). The van der Waals surface area contributed by atoms with Gasteiger partial charge in [0.1, 0.15) is 0 Å². The van der Waals surface area contributed by atoms with Gasteiger partial charge in [-0.25, -0.2) is 0 Å². The van der Waals surface area contributed by atoms with E-state index in [1.807, 2.05) is 62.4 Å². The van der Waals surface area contributed by atoms with Gasteiger partial charge in [0.05, 0.1) is 6.61 Å². The maximum absolute atomic E-state index is 13.1. The van der Waals surface area contributed by atoms with Crippen LogP contribution >= 0.6 is 0 Å². The number of ether oxygens (including phenoxy) is 1. The molecule has 0 radical (unpaired) electrons. The van der Waals surface area contributed by atoms with Crippen molar-refractivity contribution in [3.05, 3.63) is 59.7 Å². The Morgan fingerprint density at radius 3 is 1.72 bits per heavy atom. The second-order valence-electron chi connectivity index (χ2n) is 8.60. The van der Waals surface area contributed by atoms with Crippen LogP contribution < -0.4 is 4.90 Å². The average molecular weight is 438 g/mol. The largest absolute Gasteiger partial charge is 0.466 e. The SMILES string of the molecule is CCCCCCCCCOC(=O)CCCC(=O)N(c1ccc(C)cc1)c1ccc(C)cc1. The number of carbonyl (C=O) groups is 2. The molecule has 0 aliphatic heterocycles. The Morgan fingerprint density at radius 2 is 1.19 bits per heavy atom. The smallest absolute Gasteiger partial charge is 0.305 e. The summed E-state index contributed by atoms with van der Waals surface area (Å²) >= 11 is 0. The molecule has 2 aromatic carbocycles. The fraction of sp³-hybridized carbons (Fsp3) is 0.500. The van der Waals surface area contributed by atoms with Crippen molar-refractivity contribution in [2.45, 2.75) is 85.0 Å². The highest BCUT2D eigenvalue weighted by molar-refractivity contribution is 6.00. The van der Waals surface area contributed by atoms with Crippen molar-refractivity contribution in [2.24, 2.45) is 0 Å². The molecule has 1 amide bonds. The summed E-state index contributed by atoms with van der Waals surface area (Å²) in [5, 5.41) is 0. The minimum Gasteiger partial charge on any atom is -0.466 e. The van der Waals surface area contributed by atoms with Crippen LogP contribution in [0.4, 0.5) is 11.4 Å². The quantitative estimate of drug-likeness (QED) is 0.228.